The van der Waals surface area contributed by atoms with E-state index in [9.17, 15) is 8.78 Å². The van der Waals surface area contributed by atoms with Crippen molar-refractivity contribution < 1.29 is 8.78 Å². The molecule has 4 rings (SSSR count). The molecule has 0 spiro atoms. The van der Waals surface area contributed by atoms with Gasteiger partial charge in [0.25, 0.3) is 0 Å². The summed E-state index contributed by atoms with van der Waals surface area (Å²) in [6.45, 7) is 5.87. The smallest absolute Gasteiger partial charge is 0.166 e. The second kappa shape index (κ2) is 11.6. The van der Waals surface area contributed by atoms with Crippen molar-refractivity contribution in [2.75, 3.05) is 0 Å². The molecule has 0 bridgehead atoms. The van der Waals surface area contributed by atoms with E-state index in [4.69, 9.17) is 0 Å². The van der Waals surface area contributed by atoms with E-state index < -0.39 is 11.6 Å². The fraction of sp³-hybridized carbons (Fsp3) is 0.613. The van der Waals surface area contributed by atoms with Crippen molar-refractivity contribution in [3.05, 3.63) is 59.7 Å². The standard InChI is InChI=1S/C31H42F2/c1-3-5-7-22-10-15-25(16-11-22)26-17-12-23(13-18-26)8-9-24-14-19-27-21-28(6-4-2)30(32)31(33)29(27)20-24/h3,14,19-23,25-26H,1,4-13,15-18H2,2H3. The van der Waals surface area contributed by atoms with Crippen molar-refractivity contribution in [2.24, 2.45) is 23.7 Å². The molecule has 0 N–H and O–H groups in total. The fourth-order valence-electron chi connectivity index (χ4n) is 6.66. The maximum absolute atomic E-state index is 14.7. The maximum Gasteiger partial charge on any atom is 0.166 e. The van der Waals surface area contributed by atoms with Crippen LogP contribution in [0.1, 0.15) is 95.1 Å². The molecule has 33 heavy (non-hydrogen) atoms. The molecule has 0 unspecified atom stereocenters. The van der Waals surface area contributed by atoms with Crippen LogP contribution in [0, 0.1) is 35.3 Å². The van der Waals surface area contributed by atoms with Gasteiger partial charge in [-0.15, -0.1) is 6.58 Å². The second-order valence-electron chi connectivity index (χ2n) is 10.9. The molecule has 0 amide bonds. The van der Waals surface area contributed by atoms with Crippen LogP contribution in [0.5, 0.6) is 0 Å². The molecule has 0 radical (unpaired) electrons. The third kappa shape index (κ3) is 6.06. The average molecular weight is 453 g/mol. The lowest BCUT2D eigenvalue weighted by molar-refractivity contribution is 0.141. The zero-order valence-corrected chi connectivity index (χ0v) is 20.6. The molecule has 0 aromatic heterocycles. The number of halogens is 2. The van der Waals surface area contributed by atoms with Gasteiger partial charge in [-0.25, -0.2) is 8.78 Å². The van der Waals surface area contributed by atoms with Gasteiger partial charge in [-0.1, -0.05) is 57.2 Å². The van der Waals surface area contributed by atoms with E-state index in [2.05, 4.69) is 18.7 Å². The highest BCUT2D eigenvalue weighted by atomic mass is 19.2. The number of fused-ring (bicyclic) bond motifs is 1. The van der Waals surface area contributed by atoms with Gasteiger partial charge in [-0.2, -0.15) is 0 Å². The summed E-state index contributed by atoms with van der Waals surface area (Å²) in [4.78, 5) is 0. The lowest BCUT2D eigenvalue weighted by atomic mass is 9.68. The Morgan fingerprint density at radius 1 is 0.818 bits per heavy atom. The Morgan fingerprint density at radius 2 is 1.45 bits per heavy atom. The molecular weight excluding hydrogens is 410 g/mol. The number of benzene rings is 2. The van der Waals surface area contributed by atoms with Crippen molar-refractivity contribution in [1.82, 2.24) is 0 Å². The van der Waals surface area contributed by atoms with Gasteiger partial charge >= 0.3 is 0 Å². The van der Waals surface area contributed by atoms with E-state index in [1.165, 1.54) is 70.6 Å². The van der Waals surface area contributed by atoms with Crippen LogP contribution < -0.4 is 0 Å². The van der Waals surface area contributed by atoms with Crippen molar-refractivity contribution in [3.8, 4) is 0 Å². The van der Waals surface area contributed by atoms with Crippen molar-refractivity contribution in [2.45, 2.75) is 96.8 Å². The first-order valence-electron chi connectivity index (χ1n) is 13.6. The highest BCUT2D eigenvalue weighted by molar-refractivity contribution is 5.84. The van der Waals surface area contributed by atoms with Crippen molar-refractivity contribution in [1.29, 1.82) is 0 Å². The molecule has 2 fully saturated rings. The molecule has 2 aliphatic carbocycles. The van der Waals surface area contributed by atoms with Crippen LogP contribution in [0.15, 0.2) is 36.9 Å². The molecule has 2 aliphatic rings. The number of allylic oxidation sites excluding steroid dienone is 1. The highest BCUT2D eigenvalue weighted by Crippen LogP contribution is 2.43. The van der Waals surface area contributed by atoms with Gasteiger partial charge < -0.3 is 0 Å². The molecule has 0 nitrogen and oxygen atoms in total. The quantitative estimate of drug-likeness (QED) is 0.332. The molecule has 2 heteroatoms. The van der Waals surface area contributed by atoms with Gasteiger partial charge in [0, 0.05) is 5.39 Å². The highest BCUT2D eigenvalue weighted by Gasteiger charge is 2.30. The van der Waals surface area contributed by atoms with Crippen LogP contribution in [-0.4, -0.2) is 0 Å². The lowest BCUT2D eigenvalue weighted by Gasteiger charge is -2.38. The molecule has 180 valence electrons. The van der Waals surface area contributed by atoms with Crippen molar-refractivity contribution in [3.63, 3.8) is 0 Å². The van der Waals surface area contributed by atoms with Gasteiger partial charge in [0.1, 0.15) is 0 Å². The Hall–Kier alpha value is -1.70. The maximum atomic E-state index is 14.7. The van der Waals surface area contributed by atoms with E-state index in [0.717, 1.165) is 47.5 Å². The molecule has 0 heterocycles. The minimum atomic E-state index is -0.669. The van der Waals surface area contributed by atoms with Gasteiger partial charge in [-0.05, 0) is 110 Å². The Kier molecular flexibility index (Phi) is 8.61. The molecular formula is C31H42F2. The summed E-state index contributed by atoms with van der Waals surface area (Å²) >= 11 is 0. The van der Waals surface area contributed by atoms with Crippen LogP contribution in [-0.2, 0) is 12.8 Å². The number of aryl methyl sites for hydroxylation is 2. The Morgan fingerprint density at radius 3 is 2.06 bits per heavy atom. The van der Waals surface area contributed by atoms with E-state index in [0.29, 0.717) is 17.4 Å². The lowest BCUT2D eigenvalue weighted by Crippen LogP contribution is -2.26. The predicted molar refractivity (Wildman–Crippen MR) is 137 cm³/mol. The summed E-state index contributed by atoms with van der Waals surface area (Å²) in [5, 5.41) is 1.26. The van der Waals surface area contributed by atoms with Gasteiger partial charge in [0.2, 0.25) is 0 Å². The van der Waals surface area contributed by atoms with Gasteiger partial charge in [-0.3, -0.25) is 0 Å². The molecule has 2 aromatic rings. The Balaban J connectivity index is 1.26. The predicted octanol–water partition coefficient (Wildman–Crippen LogP) is 9.58. The van der Waals surface area contributed by atoms with Crippen LogP contribution in [0.3, 0.4) is 0 Å². The summed E-state index contributed by atoms with van der Waals surface area (Å²) in [7, 11) is 0. The van der Waals surface area contributed by atoms with Gasteiger partial charge in [0.05, 0.1) is 0 Å². The number of hydrogen-bond acceptors (Lipinski definition) is 0. The monoisotopic (exact) mass is 452 g/mol. The SMILES string of the molecule is C=CCCC1CCC(C2CCC(CCc3ccc4cc(CCC)c(F)c(F)c4c3)CC2)CC1. The van der Waals surface area contributed by atoms with E-state index >= 15 is 0 Å². The van der Waals surface area contributed by atoms with E-state index in [-0.39, 0.29) is 0 Å². The average Bonchev–Trinajstić information content (AvgIpc) is 2.85. The first-order chi connectivity index (χ1) is 16.1. The molecule has 0 saturated heterocycles. The van der Waals surface area contributed by atoms with Crippen LogP contribution >= 0.6 is 0 Å². The Bertz CT molecular complexity index is 914. The number of hydrogen-bond donors (Lipinski definition) is 0. The fourth-order valence-corrected chi connectivity index (χ4v) is 6.66. The molecule has 0 aliphatic heterocycles. The Labute approximate surface area is 199 Å². The van der Waals surface area contributed by atoms with Crippen molar-refractivity contribution >= 4 is 10.8 Å². The summed E-state index contributed by atoms with van der Waals surface area (Å²) in [6, 6.07) is 7.82. The molecule has 0 atom stereocenters. The first kappa shape index (κ1) is 24.4. The first-order valence-corrected chi connectivity index (χ1v) is 13.6. The zero-order valence-electron chi connectivity index (χ0n) is 20.6. The van der Waals surface area contributed by atoms with Crippen LogP contribution in [0.25, 0.3) is 10.8 Å². The van der Waals surface area contributed by atoms with E-state index in [1.54, 1.807) is 0 Å². The third-order valence-corrected chi connectivity index (χ3v) is 8.75. The third-order valence-electron chi connectivity index (χ3n) is 8.75. The minimum Gasteiger partial charge on any atom is -0.203 e. The largest absolute Gasteiger partial charge is 0.203 e. The van der Waals surface area contributed by atoms with Gasteiger partial charge in [0.15, 0.2) is 11.6 Å². The van der Waals surface area contributed by atoms with E-state index in [1.807, 2.05) is 25.1 Å². The summed E-state index contributed by atoms with van der Waals surface area (Å²) < 4.78 is 29.1. The molecule has 2 saturated carbocycles. The number of rotatable bonds is 9. The second-order valence-corrected chi connectivity index (χ2v) is 10.9. The molecule has 2 aromatic carbocycles. The summed E-state index contributed by atoms with van der Waals surface area (Å²) in [5.41, 5.74) is 1.64. The van der Waals surface area contributed by atoms with Crippen LogP contribution in [0.2, 0.25) is 0 Å². The summed E-state index contributed by atoms with van der Waals surface area (Å²) in [6.07, 6.45) is 19.4. The topological polar surface area (TPSA) is 0 Å². The normalized spacial score (nSPS) is 25.9. The summed E-state index contributed by atoms with van der Waals surface area (Å²) in [5.74, 6) is 2.30. The zero-order chi connectivity index (χ0) is 23.2. The van der Waals surface area contributed by atoms with Crippen LogP contribution in [0.4, 0.5) is 8.78 Å². The minimum absolute atomic E-state index is 0.442.